The molecule has 0 atom stereocenters. The van der Waals surface area contributed by atoms with Crippen molar-refractivity contribution in [3.8, 4) is 0 Å². The number of hydrogen-bond acceptors (Lipinski definition) is 2. The van der Waals surface area contributed by atoms with Crippen molar-refractivity contribution >= 4 is 23.2 Å². The van der Waals surface area contributed by atoms with Crippen molar-refractivity contribution in [2.45, 2.75) is 63.7 Å². The van der Waals surface area contributed by atoms with Gasteiger partial charge in [-0.1, -0.05) is 12.1 Å². The number of anilines is 2. The molecule has 6 heteroatoms. The van der Waals surface area contributed by atoms with Gasteiger partial charge in [-0.15, -0.1) is 0 Å². The van der Waals surface area contributed by atoms with Crippen LogP contribution in [0.4, 0.5) is 20.2 Å². The molecule has 2 N–H and O–H groups in total. The fourth-order valence-electron chi connectivity index (χ4n) is 3.80. The van der Waals surface area contributed by atoms with Crippen LogP contribution in [0.5, 0.6) is 0 Å². The van der Waals surface area contributed by atoms with Crippen LogP contribution in [-0.2, 0) is 9.59 Å². The van der Waals surface area contributed by atoms with Gasteiger partial charge in [0.25, 0.3) is 0 Å². The van der Waals surface area contributed by atoms with Crippen LogP contribution in [0.1, 0.15) is 51.4 Å². The minimum atomic E-state index is -0.801. The average molecular weight is 364 g/mol. The summed E-state index contributed by atoms with van der Waals surface area (Å²) in [6.45, 7) is 0. The Morgan fingerprint density at radius 3 is 1.38 bits per heavy atom. The number of hydrogen-bond donors (Lipinski definition) is 2. The third kappa shape index (κ3) is 4.80. The molecule has 0 bridgehead atoms. The number of carbonyl (C=O) groups excluding carboxylic acids is 2. The van der Waals surface area contributed by atoms with Gasteiger partial charge in [0.05, 0.1) is 11.4 Å². The molecule has 0 spiro atoms. The lowest BCUT2D eigenvalue weighted by atomic mass is 9.87. The van der Waals surface area contributed by atoms with Gasteiger partial charge in [-0.25, -0.2) is 8.78 Å². The Morgan fingerprint density at radius 1 is 0.692 bits per heavy atom. The predicted octanol–water partition coefficient (Wildman–Crippen LogP) is 4.62. The van der Waals surface area contributed by atoms with Gasteiger partial charge in [-0.3, -0.25) is 9.59 Å². The summed E-state index contributed by atoms with van der Waals surface area (Å²) in [6, 6.07) is 7.07. The second-order valence-electron chi connectivity index (χ2n) is 7.42. The van der Waals surface area contributed by atoms with Crippen LogP contribution in [0.2, 0.25) is 0 Å². The molecule has 0 saturated heterocycles. The van der Waals surface area contributed by atoms with Crippen LogP contribution in [0.3, 0.4) is 0 Å². The van der Waals surface area contributed by atoms with E-state index in [1.807, 2.05) is 0 Å². The summed E-state index contributed by atoms with van der Waals surface area (Å²) < 4.78 is 26.5. The fraction of sp³-hybridized carbons (Fsp3) is 0.600. The summed E-state index contributed by atoms with van der Waals surface area (Å²) in [4.78, 5) is 24.9. The zero-order valence-electron chi connectivity index (χ0n) is 14.8. The van der Waals surface area contributed by atoms with Crippen LogP contribution < -0.4 is 10.6 Å². The Balaban J connectivity index is 1.61. The fourth-order valence-corrected chi connectivity index (χ4v) is 3.80. The van der Waals surface area contributed by atoms with Gasteiger partial charge < -0.3 is 10.6 Å². The highest BCUT2D eigenvalue weighted by atomic mass is 19.1. The number of alkyl halides is 2. The molecule has 3 rings (SSSR count). The number of para-hydroxylation sites is 2. The van der Waals surface area contributed by atoms with Crippen LogP contribution in [0.15, 0.2) is 24.3 Å². The van der Waals surface area contributed by atoms with Crippen LogP contribution in [0, 0.1) is 11.8 Å². The molecular formula is C20H26F2N2O2. The number of rotatable bonds is 4. The summed E-state index contributed by atoms with van der Waals surface area (Å²) in [5, 5.41) is 5.75. The van der Waals surface area contributed by atoms with E-state index in [4.69, 9.17) is 0 Å². The van der Waals surface area contributed by atoms with E-state index < -0.39 is 12.3 Å². The SMILES string of the molecule is O=C(Nc1ccccc1NC(=O)C1CCC(F)CC1)C1CCC(F)CC1. The van der Waals surface area contributed by atoms with Gasteiger partial charge in [-0.05, 0) is 63.5 Å². The topological polar surface area (TPSA) is 58.2 Å². The van der Waals surface area contributed by atoms with E-state index in [-0.39, 0.29) is 23.7 Å². The van der Waals surface area contributed by atoms with E-state index in [1.165, 1.54) is 0 Å². The van der Waals surface area contributed by atoms with Gasteiger partial charge in [0.2, 0.25) is 11.8 Å². The second-order valence-corrected chi connectivity index (χ2v) is 7.42. The highest BCUT2D eigenvalue weighted by Gasteiger charge is 2.28. The lowest BCUT2D eigenvalue weighted by Crippen LogP contribution is -2.29. The second kappa shape index (κ2) is 8.60. The Labute approximate surface area is 152 Å². The molecule has 142 valence electrons. The van der Waals surface area contributed by atoms with Gasteiger partial charge >= 0.3 is 0 Å². The molecule has 0 aromatic heterocycles. The minimum Gasteiger partial charge on any atom is -0.324 e. The maximum atomic E-state index is 13.3. The number of nitrogens with one attached hydrogen (secondary N) is 2. The molecule has 2 amide bonds. The quantitative estimate of drug-likeness (QED) is 0.819. The molecule has 2 aliphatic carbocycles. The third-order valence-corrected chi connectivity index (χ3v) is 5.50. The molecule has 1 aromatic carbocycles. The highest BCUT2D eigenvalue weighted by Crippen LogP contribution is 2.31. The van der Waals surface area contributed by atoms with E-state index >= 15 is 0 Å². The average Bonchev–Trinajstić information content (AvgIpc) is 2.64. The first-order chi connectivity index (χ1) is 12.5. The first-order valence-electron chi connectivity index (χ1n) is 9.52. The van der Waals surface area contributed by atoms with Crippen molar-refractivity contribution in [2.24, 2.45) is 11.8 Å². The Hall–Kier alpha value is -1.98. The number of benzene rings is 1. The Morgan fingerprint density at radius 2 is 1.04 bits per heavy atom. The molecule has 2 saturated carbocycles. The van der Waals surface area contributed by atoms with Gasteiger partial charge in [0, 0.05) is 11.8 Å². The molecule has 2 fully saturated rings. The number of halogens is 2. The molecule has 4 nitrogen and oxygen atoms in total. The maximum Gasteiger partial charge on any atom is 0.227 e. The van der Waals surface area contributed by atoms with Crippen molar-refractivity contribution in [2.75, 3.05) is 10.6 Å². The van der Waals surface area contributed by atoms with Crippen molar-refractivity contribution in [1.29, 1.82) is 0 Å². The van der Waals surface area contributed by atoms with Gasteiger partial charge in [0.15, 0.2) is 0 Å². The lowest BCUT2D eigenvalue weighted by molar-refractivity contribution is -0.122. The van der Waals surface area contributed by atoms with Crippen LogP contribution in [0.25, 0.3) is 0 Å². The summed E-state index contributed by atoms with van der Waals surface area (Å²) >= 11 is 0. The first kappa shape index (κ1) is 18.8. The van der Waals surface area contributed by atoms with Gasteiger partial charge in [0.1, 0.15) is 12.3 Å². The molecule has 0 unspecified atom stereocenters. The highest BCUT2D eigenvalue weighted by molar-refractivity contribution is 6.00. The molecule has 0 heterocycles. The summed E-state index contributed by atoms with van der Waals surface area (Å²) in [5.74, 6) is -0.635. The van der Waals surface area contributed by atoms with E-state index in [1.54, 1.807) is 24.3 Å². The summed E-state index contributed by atoms with van der Waals surface area (Å²) in [7, 11) is 0. The van der Waals surface area contributed by atoms with E-state index in [0.29, 0.717) is 62.7 Å². The molecular weight excluding hydrogens is 338 g/mol. The third-order valence-electron chi connectivity index (χ3n) is 5.50. The van der Waals surface area contributed by atoms with E-state index in [9.17, 15) is 18.4 Å². The maximum absolute atomic E-state index is 13.3. The monoisotopic (exact) mass is 364 g/mol. The van der Waals surface area contributed by atoms with Crippen molar-refractivity contribution < 1.29 is 18.4 Å². The molecule has 1 aromatic rings. The van der Waals surface area contributed by atoms with E-state index in [2.05, 4.69) is 10.6 Å². The largest absolute Gasteiger partial charge is 0.324 e. The molecule has 26 heavy (non-hydrogen) atoms. The molecule has 0 aliphatic heterocycles. The van der Waals surface area contributed by atoms with Crippen molar-refractivity contribution in [1.82, 2.24) is 0 Å². The Bertz CT molecular complexity index is 581. The lowest BCUT2D eigenvalue weighted by Gasteiger charge is -2.25. The van der Waals surface area contributed by atoms with Crippen LogP contribution in [-0.4, -0.2) is 24.2 Å². The predicted molar refractivity (Wildman–Crippen MR) is 97.4 cm³/mol. The first-order valence-corrected chi connectivity index (χ1v) is 9.52. The molecule has 2 aliphatic rings. The summed E-state index contributed by atoms with van der Waals surface area (Å²) in [5.41, 5.74) is 1.10. The van der Waals surface area contributed by atoms with Crippen molar-refractivity contribution in [3.63, 3.8) is 0 Å². The smallest absolute Gasteiger partial charge is 0.227 e. The summed E-state index contributed by atoms with van der Waals surface area (Å²) in [6.07, 6.45) is 2.29. The van der Waals surface area contributed by atoms with Gasteiger partial charge in [-0.2, -0.15) is 0 Å². The van der Waals surface area contributed by atoms with Crippen molar-refractivity contribution in [3.05, 3.63) is 24.3 Å². The standard InChI is InChI=1S/C20H26F2N2O2/c21-15-9-5-13(6-10-15)19(25)23-17-3-1-2-4-18(17)24-20(26)14-7-11-16(22)12-8-14/h1-4,13-16H,5-12H2,(H,23,25)(H,24,26). The van der Waals surface area contributed by atoms with E-state index in [0.717, 1.165) is 0 Å². The normalized spacial score (nSPS) is 29.0. The minimum absolute atomic E-state index is 0.128. The zero-order valence-corrected chi connectivity index (χ0v) is 14.8. The van der Waals surface area contributed by atoms with Crippen LogP contribution >= 0.6 is 0 Å². The Kier molecular flexibility index (Phi) is 6.22. The number of amides is 2. The zero-order chi connectivity index (χ0) is 18.5. The molecule has 0 radical (unpaired) electrons. The number of carbonyl (C=O) groups is 2.